The summed E-state index contributed by atoms with van der Waals surface area (Å²) in [4.78, 5) is 13.9. The van der Waals surface area contributed by atoms with E-state index in [0.29, 0.717) is 21.0 Å². The summed E-state index contributed by atoms with van der Waals surface area (Å²) in [6.07, 6.45) is -9.88. The van der Waals surface area contributed by atoms with E-state index in [0.717, 1.165) is 18.4 Å². The van der Waals surface area contributed by atoms with Crippen molar-refractivity contribution < 1.29 is 57.1 Å². The molecule has 2 aromatic heterocycles. The lowest BCUT2D eigenvalue weighted by Crippen LogP contribution is -2.35. The van der Waals surface area contributed by atoms with Gasteiger partial charge in [-0.15, -0.1) is 0 Å². The van der Waals surface area contributed by atoms with Crippen LogP contribution in [0.25, 0.3) is 22.0 Å². The number of carbonyl (C=O) groups is 1. The molecule has 7 rings (SSSR count). The van der Waals surface area contributed by atoms with Crippen LogP contribution in [-0.4, -0.2) is 46.3 Å². The fourth-order valence-electron chi connectivity index (χ4n) is 7.51. The Labute approximate surface area is 329 Å². The molecule has 0 unspecified atom stereocenters. The average molecular weight is 853 g/mol. The number of hydrogen-bond donors (Lipinski definition) is 2. The van der Waals surface area contributed by atoms with Gasteiger partial charge in [0.15, 0.2) is 11.5 Å². The highest BCUT2D eigenvalue weighted by molar-refractivity contribution is 7.92. The quantitative estimate of drug-likeness (QED) is 0.108. The Kier molecular flexibility index (Phi) is 10.1. The van der Waals surface area contributed by atoms with Gasteiger partial charge >= 0.3 is 12.4 Å². The van der Waals surface area contributed by atoms with Gasteiger partial charge in [-0.3, -0.25) is 18.9 Å². The fourth-order valence-corrected chi connectivity index (χ4v) is 8.02. The lowest BCUT2D eigenvalue weighted by atomic mass is 9.89. The molecule has 59 heavy (non-hydrogen) atoms. The maximum Gasteiger partial charge on any atom is 0.435 e. The molecule has 3 aromatic carbocycles. The number of alkyl halides is 8. The lowest BCUT2D eigenvalue weighted by molar-refractivity contribution is -0.142. The smallest absolute Gasteiger partial charge is 0.347 e. The van der Waals surface area contributed by atoms with Crippen LogP contribution in [0.4, 0.5) is 49.7 Å². The number of amides is 1. The Morgan fingerprint density at radius 1 is 1.00 bits per heavy atom. The molecule has 1 fully saturated rings. The van der Waals surface area contributed by atoms with Gasteiger partial charge in [-0.2, -0.15) is 45.3 Å². The van der Waals surface area contributed by atoms with Crippen molar-refractivity contribution in [2.75, 3.05) is 11.0 Å². The van der Waals surface area contributed by atoms with Crippen LogP contribution in [0.15, 0.2) is 66.7 Å². The highest BCUT2D eigenvalue weighted by Gasteiger charge is 2.68. The van der Waals surface area contributed by atoms with E-state index in [1.165, 1.54) is 36.4 Å². The second-order valence-electron chi connectivity index (χ2n) is 14.5. The number of nitrogens with one attached hydrogen (secondary N) is 2. The third-order valence-electron chi connectivity index (χ3n) is 9.71. The standard InChI is InChI=1S/C39H30F10N6O3S/c1-19(2)7-8-20-9-10-24(25-5-4-6-26-33(25)55(18-37(42,43)44)52-36(26)53-59(3,57)58)27(13-20)30(14-21-11-22(40)15-23(41)12-21)50-31(56)17-54-35-32(34(51-54)39(47,48)49)28-16-29(28)38(35,45)46/h4-6,9-13,15,28-30H,1,14,16-18H2,2-3H3,(H,50,56)(H,52,53)/t28-,29+,30-/m0/s1. The van der Waals surface area contributed by atoms with Crippen LogP contribution in [0.2, 0.25) is 0 Å². The van der Waals surface area contributed by atoms with Crippen LogP contribution in [0.1, 0.15) is 58.9 Å². The Morgan fingerprint density at radius 3 is 2.32 bits per heavy atom. The minimum absolute atomic E-state index is 0.00142. The Hall–Kier alpha value is -5.84. The predicted octanol–water partition coefficient (Wildman–Crippen LogP) is 8.37. The zero-order valence-electron chi connectivity index (χ0n) is 30.7. The molecule has 0 radical (unpaired) electrons. The predicted molar refractivity (Wildman–Crippen MR) is 194 cm³/mol. The van der Waals surface area contributed by atoms with Crippen molar-refractivity contribution in [3.8, 4) is 23.0 Å². The molecule has 2 N–H and O–H groups in total. The molecule has 0 bridgehead atoms. The molecule has 2 heterocycles. The number of carbonyl (C=O) groups excluding carboxylic acids is 1. The first-order valence-electron chi connectivity index (χ1n) is 17.6. The van der Waals surface area contributed by atoms with Crippen molar-refractivity contribution in [3.05, 3.63) is 112 Å². The molecule has 3 atom stereocenters. The normalized spacial score (nSPS) is 17.5. The summed E-state index contributed by atoms with van der Waals surface area (Å²) in [5.74, 6) is -4.29. The van der Waals surface area contributed by atoms with Crippen LogP contribution < -0.4 is 10.0 Å². The number of halogens is 10. The largest absolute Gasteiger partial charge is 0.435 e. The SMILES string of the molecule is C=C(C)C#Cc1ccc(-c2cccc3c(NS(C)(=O)=O)nn(CC(F)(F)F)c23)c([C@H](Cc2cc(F)cc(F)c2)NC(=O)Cn2nc(C(F)(F)F)c3c2C(F)(F)[C@@H]2C[C@H]32)c1. The molecule has 2 aliphatic rings. The van der Waals surface area contributed by atoms with E-state index in [2.05, 4.69) is 38.7 Å². The van der Waals surface area contributed by atoms with E-state index in [-0.39, 0.29) is 45.1 Å². The minimum atomic E-state index is -5.13. The molecule has 0 spiro atoms. The van der Waals surface area contributed by atoms with Crippen LogP contribution in [0.5, 0.6) is 0 Å². The van der Waals surface area contributed by atoms with Crippen LogP contribution in [-0.2, 0) is 46.4 Å². The second kappa shape index (κ2) is 14.5. The molecule has 0 aliphatic heterocycles. The molecule has 1 saturated carbocycles. The van der Waals surface area contributed by atoms with E-state index >= 15 is 8.78 Å². The lowest BCUT2D eigenvalue weighted by Gasteiger charge is -2.24. The Bertz CT molecular complexity index is 2710. The molecule has 1 amide bonds. The van der Waals surface area contributed by atoms with Crippen LogP contribution >= 0.6 is 0 Å². The molecular formula is C39H30F10N6O3S. The first-order chi connectivity index (χ1) is 27.4. The molecule has 5 aromatic rings. The third kappa shape index (κ3) is 8.51. The first-order valence-corrected chi connectivity index (χ1v) is 19.4. The van der Waals surface area contributed by atoms with Crippen molar-refractivity contribution in [2.45, 2.75) is 63.1 Å². The van der Waals surface area contributed by atoms with Gasteiger partial charge in [0.25, 0.3) is 5.92 Å². The Balaban J connectivity index is 1.40. The molecule has 310 valence electrons. The topological polar surface area (TPSA) is 111 Å². The van der Waals surface area contributed by atoms with Crippen molar-refractivity contribution in [1.29, 1.82) is 0 Å². The number of hydrogen-bond acceptors (Lipinski definition) is 5. The van der Waals surface area contributed by atoms with Gasteiger partial charge in [0.05, 0.1) is 17.8 Å². The van der Waals surface area contributed by atoms with E-state index < -0.39 is 106 Å². The number of benzene rings is 3. The number of rotatable bonds is 10. The summed E-state index contributed by atoms with van der Waals surface area (Å²) >= 11 is 0. The van der Waals surface area contributed by atoms with E-state index in [1.54, 1.807) is 6.92 Å². The van der Waals surface area contributed by atoms with Crippen molar-refractivity contribution in [1.82, 2.24) is 24.9 Å². The number of sulfonamides is 1. The van der Waals surface area contributed by atoms with E-state index in [9.17, 15) is 48.3 Å². The molecular weight excluding hydrogens is 823 g/mol. The van der Waals surface area contributed by atoms with Crippen molar-refractivity contribution in [3.63, 3.8) is 0 Å². The molecule has 20 heteroatoms. The van der Waals surface area contributed by atoms with Gasteiger partial charge in [-0.25, -0.2) is 17.2 Å². The minimum Gasteiger partial charge on any atom is -0.347 e. The summed E-state index contributed by atoms with van der Waals surface area (Å²) in [6.45, 7) is 2.47. The summed E-state index contributed by atoms with van der Waals surface area (Å²) in [5.41, 5.74) is -2.82. The maximum absolute atomic E-state index is 15.4. The summed E-state index contributed by atoms with van der Waals surface area (Å²) in [5, 5.41) is 9.80. The maximum atomic E-state index is 15.4. The number of para-hydroxylation sites is 1. The van der Waals surface area contributed by atoms with Gasteiger partial charge in [0.2, 0.25) is 15.9 Å². The van der Waals surface area contributed by atoms with Crippen LogP contribution in [0.3, 0.4) is 0 Å². The number of allylic oxidation sites excluding steroid dienone is 1. The van der Waals surface area contributed by atoms with Crippen molar-refractivity contribution in [2.24, 2.45) is 5.92 Å². The van der Waals surface area contributed by atoms with E-state index in [4.69, 9.17) is 0 Å². The van der Waals surface area contributed by atoms with Gasteiger partial charge in [0, 0.05) is 34.1 Å². The van der Waals surface area contributed by atoms with Gasteiger partial charge < -0.3 is 5.32 Å². The third-order valence-corrected chi connectivity index (χ3v) is 10.3. The summed E-state index contributed by atoms with van der Waals surface area (Å²) in [7, 11) is -4.07. The highest BCUT2D eigenvalue weighted by atomic mass is 32.2. The molecule has 2 aliphatic carbocycles. The summed E-state index contributed by atoms with van der Waals surface area (Å²) in [6, 6.07) is 9.34. The monoisotopic (exact) mass is 852 g/mol. The number of nitrogens with zero attached hydrogens (tertiary/aromatic N) is 4. The highest BCUT2D eigenvalue weighted by Crippen LogP contribution is 2.68. The zero-order valence-corrected chi connectivity index (χ0v) is 31.5. The van der Waals surface area contributed by atoms with Gasteiger partial charge in [-0.1, -0.05) is 36.6 Å². The summed E-state index contributed by atoms with van der Waals surface area (Å²) < 4.78 is 171. The second-order valence-corrected chi connectivity index (χ2v) is 16.2. The van der Waals surface area contributed by atoms with Crippen LogP contribution in [0, 0.1) is 29.4 Å². The Morgan fingerprint density at radius 2 is 1.69 bits per heavy atom. The average Bonchev–Trinajstić information content (AvgIpc) is 3.63. The zero-order chi connectivity index (χ0) is 43.0. The van der Waals surface area contributed by atoms with Crippen molar-refractivity contribution >= 4 is 32.7 Å². The first kappa shape index (κ1) is 41.3. The number of fused-ring (bicyclic) bond motifs is 4. The molecule has 0 saturated heterocycles. The number of anilines is 1. The molecule has 9 nitrogen and oxygen atoms in total. The van der Waals surface area contributed by atoms with Gasteiger partial charge in [-0.05, 0) is 78.3 Å². The van der Waals surface area contributed by atoms with Gasteiger partial charge in [0.1, 0.15) is 30.4 Å². The fraction of sp³-hybridized carbons (Fsp3) is 0.308. The number of aromatic nitrogens is 4. The van der Waals surface area contributed by atoms with E-state index in [1.807, 2.05) is 0 Å².